The summed E-state index contributed by atoms with van der Waals surface area (Å²) < 4.78 is 10.5. The highest BCUT2D eigenvalue weighted by Crippen LogP contribution is 2.35. The molecule has 0 saturated heterocycles. The van der Waals surface area contributed by atoms with E-state index in [2.05, 4.69) is 15.1 Å². The Morgan fingerprint density at radius 2 is 2.00 bits per heavy atom. The van der Waals surface area contributed by atoms with Gasteiger partial charge in [0.1, 0.15) is 11.3 Å². The van der Waals surface area contributed by atoms with Crippen LogP contribution in [0.4, 0.5) is 0 Å². The summed E-state index contributed by atoms with van der Waals surface area (Å²) in [6.45, 7) is 0. The molecule has 0 radical (unpaired) electrons. The van der Waals surface area contributed by atoms with Crippen LogP contribution in [0.2, 0.25) is 0 Å². The van der Waals surface area contributed by atoms with Crippen LogP contribution in [0.3, 0.4) is 0 Å². The van der Waals surface area contributed by atoms with Crippen LogP contribution in [-0.2, 0) is 5.54 Å². The van der Waals surface area contributed by atoms with Crippen molar-refractivity contribution in [3.05, 3.63) is 46.7 Å². The van der Waals surface area contributed by atoms with Gasteiger partial charge in [0.2, 0.25) is 0 Å². The van der Waals surface area contributed by atoms with Gasteiger partial charge in [0.25, 0.3) is 11.4 Å². The van der Waals surface area contributed by atoms with Crippen molar-refractivity contribution in [2.45, 2.75) is 31.2 Å². The Morgan fingerprint density at radius 1 is 1.21 bits per heavy atom. The maximum Gasteiger partial charge on any atom is 0.263 e. The molecule has 4 rings (SSSR count). The molecule has 0 amide bonds. The van der Waals surface area contributed by atoms with E-state index in [1.807, 2.05) is 0 Å². The van der Waals surface area contributed by atoms with Crippen molar-refractivity contribution >= 4 is 12.4 Å². The highest BCUT2D eigenvalue weighted by Gasteiger charge is 2.36. The summed E-state index contributed by atoms with van der Waals surface area (Å²) in [5, 5.41) is 3.98. The molecule has 1 fully saturated rings. The van der Waals surface area contributed by atoms with E-state index in [9.17, 15) is 4.79 Å². The molecule has 1 aliphatic rings. The minimum Gasteiger partial charge on any atom is -0.463 e. The van der Waals surface area contributed by atoms with Crippen LogP contribution in [0.25, 0.3) is 22.9 Å². The molecule has 0 aromatic carbocycles. The van der Waals surface area contributed by atoms with Crippen molar-refractivity contribution in [1.29, 1.82) is 0 Å². The summed E-state index contributed by atoms with van der Waals surface area (Å²) >= 11 is 0. The lowest BCUT2D eigenvalue weighted by Crippen LogP contribution is -2.34. The van der Waals surface area contributed by atoms with Crippen molar-refractivity contribution in [3.63, 3.8) is 0 Å². The maximum absolute atomic E-state index is 12.3. The normalized spacial score (nSPS) is 16.0. The molecule has 1 aliphatic carbocycles. The largest absolute Gasteiger partial charge is 0.463 e. The number of H-pyrrole nitrogens is 1. The lowest BCUT2D eigenvalue weighted by atomic mass is 9.99. The lowest BCUT2D eigenvalue weighted by molar-refractivity contribution is 0.372. The second-order valence-corrected chi connectivity index (χ2v) is 5.88. The Morgan fingerprint density at radius 3 is 2.67 bits per heavy atom. The van der Waals surface area contributed by atoms with Gasteiger partial charge in [0.05, 0.1) is 17.5 Å². The average Bonchev–Trinajstić information content (AvgIpc) is 3.29. The molecule has 3 heterocycles. The zero-order valence-electron chi connectivity index (χ0n) is 12.8. The molecule has 1 saturated carbocycles. The SMILES string of the molecule is Cl.NC1(c2noc(-c3ccc(-c4ccco4)[nH]c3=O)n2)CCCC1. The average molecular weight is 349 g/mol. The third kappa shape index (κ3) is 2.76. The van der Waals surface area contributed by atoms with E-state index >= 15 is 0 Å². The number of hydrogen-bond acceptors (Lipinski definition) is 6. The molecule has 0 aliphatic heterocycles. The van der Waals surface area contributed by atoms with Crippen LogP contribution >= 0.6 is 12.4 Å². The third-order valence-corrected chi connectivity index (χ3v) is 4.29. The molecule has 7 nitrogen and oxygen atoms in total. The molecule has 3 aromatic heterocycles. The highest BCUT2D eigenvalue weighted by molar-refractivity contribution is 5.85. The Balaban J connectivity index is 0.00000169. The fraction of sp³-hybridized carbons (Fsp3) is 0.312. The van der Waals surface area contributed by atoms with Crippen molar-refractivity contribution in [2.75, 3.05) is 0 Å². The van der Waals surface area contributed by atoms with Gasteiger partial charge >= 0.3 is 0 Å². The first kappa shape index (κ1) is 16.5. The van der Waals surface area contributed by atoms with Crippen LogP contribution in [-0.4, -0.2) is 15.1 Å². The Labute approximate surface area is 143 Å². The van der Waals surface area contributed by atoms with Gasteiger partial charge in [-0.1, -0.05) is 18.0 Å². The standard InChI is InChI=1S/C16H16N4O3.ClH/c17-16(7-1-2-8-16)15-19-14(23-20-15)10-5-6-11(18-13(10)21)12-4-3-9-22-12;/h3-6,9H,1-2,7-8,17H2,(H,18,21);1H. The number of nitrogens with one attached hydrogen (secondary N) is 1. The molecule has 0 bridgehead atoms. The van der Waals surface area contributed by atoms with Crippen molar-refractivity contribution in [1.82, 2.24) is 15.1 Å². The number of furan rings is 1. The number of aromatic nitrogens is 3. The van der Waals surface area contributed by atoms with Gasteiger partial charge in [-0.2, -0.15) is 4.98 Å². The molecular weight excluding hydrogens is 332 g/mol. The maximum atomic E-state index is 12.3. The fourth-order valence-electron chi connectivity index (χ4n) is 2.98. The van der Waals surface area contributed by atoms with Crippen LogP contribution in [0, 0.1) is 0 Å². The lowest BCUT2D eigenvalue weighted by Gasteiger charge is -2.17. The van der Waals surface area contributed by atoms with Gasteiger partial charge in [-0.15, -0.1) is 12.4 Å². The molecule has 0 atom stereocenters. The Hall–Kier alpha value is -2.38. The first-order valence-electron chi connectivity index (χ1n) is 7.56. The topological polar surface area (TPSA) is 111 Å². The van der Waals surface area contributed by atoms with E-state index in [-0.39, 0.29) is 23.9 Å². The van der Waals surface area contributed by atoms with Gasteiger partial charge in [-0.05, 0) is 37.1 Å². The van der Waals surface area contributed by atoms with Gasteiger partial charge in [-0.3, -0.25) is 4.79 Å². The minimum absolute atomic E-state index is 0. The van der Waals surface area contributed by atoms with Crippen LogP contribution < -0.4 is 11.3 Å². The van der Waals surface area contributed by atoms with Gasteiger partial charge in [0, 0.05) is 0 Å². The molecular formula is C16H17ClN4O3. The monoisotopic (exact) mass is 348 g/mol. The first-order valence-corrected chi connectivity index (χ1v) is 7.56. The molecule has 126 valence electrons. The summed E-state index contributed by atoms with van der Waals surface area (Å²) in [6, 6.07) is 6.92. The summed E-state index contributed by atoms with van der Waals surface area (Å²) in [4.78, 5) is 19.4. The number of aromatic amines is 1. The number of nitrogens with two attached hydrogens (primary N) is 1. The van der Waals surface area contributed by atoms with Crippen LogP contribution in [0.15, 0.2) is 44.3 Å². The van der Waals surface area contributed by atoms with E-state index in [1.54, 1.807) is 30.5 Å². The molecule has 3 N–H and O–H groups in total. The zero-order chi connectivity index (χ0) is 15.9. The Bertz CT molecular complexity index is 879. The van der Waals surface area contributed by atoms with Crippen molar-refractivity contribution < 1.29 is 8.94 Å². The summed E-state index contributed by atoms with van der Waals surface area (Å²) in [5.74, 6) is 1.25. The van der Waals surface area contributed by atoms with E-state index in [0.29, 0.717) is 22.8 Å². The van der Waals surface area contributed by atoms with Gasteiger partial charge in [0.15, 0.2) is 5.82 Å². The van der Waals surface area contributed by atoms with Gasteiger partial charge < -0.3 is 19.7 Å². The molecule has 0 spiro atoms. The summed E-state index contributed by atoms with van der Waals surface area (Å²) in [7, 11) is 0. The number of nitrogens with zero attached hydrogens (tertiary/aromatic N) is 2. The predicted molar refractivity (Wildman–Crippen MR) is 89.6 cm³/mol. The number of halogens is 1. The van der Waals surface area contributed by atoms with Gasteiger partial charge in [-0.25, -0.2) is 0 Å². The second kappa shape index (κ2) is 6.26. The number of hydrogen-bond donors (Lipinski definition) is 2. The van der Waals surface area contributed by atoms with E-state index in [1.165, 1.54) is 0 Å². The van der Waals surface area contributed by atoms with Crippen molar-refractivity contribution in [2.24, 2.45) is 5.73 Å². The Kier molecular flexibility index (Phi) is 4.29. The second-order valence-electron chi connectivity index (χ2n) is 5.88. The fourth-order valence-corrected chi connectivity index (χ4v) is 2.98. The van der Waals surface area contributed by atoms with E-state index in [4.69, 9.17) is 14.7 Å². The molecule has 3 aromatic rings. The quantitative estimate of drug-likeness (QED) is 0.752. The highest BCUT2D eigenvalue weighted by atomic mass is 35.5. The van der Waals surface area contributed by atoms with Crippen LogP contribution in [0.1, 0.15) is 31.5 Å². The summed E-state index contributed by atoms with van der Waals surface area (Å²) in [6.07, 6.45) is 5.32. The number of pyridine rings is 1. The molecule has 24 heavy (non-hydrogen) atoms. The first-order chi connectivity index (χ1) is 11.2. The zero-order valence-corrected chi connectivity index (χ0v) is 13.6. The molecule has 8 heteroatoms. The van der Waals surface area contributed by atoms with Crippen LogP contribution in [0.5, 0.6) is 0 Å². The number of rotatable bonds is 3. The summed E-state index contributed by atoms with van der Waals surface area (Å²) in [5.41, 5.74) is 6.37. The third-order valence-electron chi connectivity index (χ3n) is 4.29. The molecule has 0 unspecified atom stereocenters. The van der Waals surface area contributed by atoms with Crippen molar-refractivity contribution in [3.8, 4) is 22.9 Å². The van der Waals surface area contributed by atoms with E-state index in [0.717, 1.165) is 25.7 Å². The van der Waals surface area contributed by atoms with E-state index < -0.39 is 5.54 Å². The minimum atomic E-state index is -0.539. The predicted octanol–water partition coefficient (Wildman–Crippen LogP) is 2.83. The smallest absolute Gasteiger partial charge is 0.263 e.